The molecule has 2 aromatic carbocycles. The first kappa shape index (κ1) is 23.2. The quantitative estimate of drug-likeness (QED) is 0.241. The van der Waals surface area contributed by atoms with Gasteiger partial charge in [-0.1, -0.05) is 42.3 Å². The first-order valence-electron chi connectivity index (χ1n) is 10.4. The zero-order valence-electron chi connectivity index (χ0n) is 18.1. The Labute approximate surface area is 200 Å². The SMILES string of the molecule is COCCNC(=O)c1ccc(-c2cnc3[nH]cc(C(C)c4c(Cl)ccc(F)c4Cl)c3c2)cc1. The number of aromatic amines is 1. The summed E-state index contributed by atoms with van der Waals surface area (Å²) in [6.07, 6.45) is 3.61. The largest absolute Gasteiger partial charge is 0.383 e. The molecule has 0 saturated carbocycles. The van der Waals surface area contributed by atoms with Crippen LogP contribution in [0, 0.1) is 5.82 Å². The Balaban J connectivity index is 1.65. The normalized spacial score (nSPS) is 12.2. The number of amides is 1. The summed E-state index contributed by atoms with van der Waals surface area (Å²) in [5, 5.41) is 4.12. The number of rotatable bonds is 7. The van der Waals surface area contributed by atoms with E-state index in [1.165, 1.54) is 12.1 Å². The molecule has 2 heterocycles. The zero-order chi connectivity index (χ0) is 23.5. The predicted octanol–water partition coefficient (Wildman–Crippen LogP) is 6.20. The lowest BCUT2D eigenvalue weighted by Crippen LogP contribution is -2.26. The van der Waals surface area contributed by atoms with E-state index >= 15 is 0 Å². The minimum atomic E-state index is -0.507. The van der Waals surface area contributed by atoms with Crippen molar-refractivity contribution in [2.75, 3.05) is 20.3 Å². The number of carbonyl (C=O) groups excluding carboxylic acids is 1. The highest BCUT2D eigenvalue weighted by Gasteiger charge is 2.21. The lowest BCUT2D eigenvalue weighted by molar-refractivity contribution is 0.0937. The van der Waals surface area contributed by atoms with Crippen molar-refractivity contribution in [2.24, 2.45) is 0 Å². The summed E-state index contributed by atoms with van der Waals surface area (Å²) in [5.74, 6) is -0.921. The average Bonchev–Trinajstić information content (AvgIpc) is 3.25. The molecule has 0 spiro atoms. The lowest BCUT2D eigenvalue weighted by atomic mass is 9.92. The third-order valence-electron chi connectivity index (χ3n) is 5.61. The number of ether oxygens (including phenoxy) is 1. The highest BCUT2D eigenvalue weighted by molar-refractivity contribution is 6.36. The van der Waals surface area contributed by atoms with Crippen LogP contribution in [0.25, 0.3) is 22.2 Å². The minimum absolute atomic E-state index is 0.0211. The molecule has 0 fully saturated rings. The first-order valence-corrected chi connectivity index (χ1v) is 11.1. The summed E-state index contributed by atoms with van der Waals surface area (Å²) in [4.78, 5) is 19.9. The van der Waals surface area contributed by atoms with Crippen molar-refractivity contribution >= 4 is 40.1 Å². The summed E-state index contributed by atoms with van der Waals surface area (Å²) < 4.78 is 19.0. The fourth-order valence-electron chi connectivity index (χ4n) is 3.82. The molecule has 0 bridgehead atoms. The second kappa shape index (κ2) is 9.91. The van der Waals surface area contributed by atoms with Crippen LogP contribution in [0.15, 0.2) is 54.9 Å². The third-order valence-corrected chi connectivity index (χ3v) is 6.33. The highest BCUT2D eigenvalue weighted by Crippen LogP contribution is 2.39. The monoisotopic (exact) mass is 485 g/mol. The van der Waals surface area contributed by atoms with E-state index in [0.29, 0.717) is 34.9 Å². The molecule has 2 aromatic heterocycles. The van der Waals surface area contributed by atoms with Gasteiger partial charge in [-0.25, -0.2) is 9.37 Å². The smallest absolute Gasteiger partial charge is 0.251 e. The van der Waals surface area contributed by atoms with Gasteiger partial charge in [-0.2, -0.15) is 0 Å². The molecule has 1 atom stereocenters. The highest BCUT2D eigenvalue weighted by atomic mass is 35.5. The Morgan fingerprint density at radius 2 is 1.94 bits per heavy atom. The van der Waals surface area contributed by atoms with Crippen molar-refractivity contribution in [3.05, 3.63) is 87.4 Å². The van der Waals surface area contributed by atoms with Crippen molar-refractivity contribution < 1.29 is 13.9 Å². The number of fused-ring (bicyclic) bond motifs is 1. The van der Waals surface area contributed by atoms with Gasteiger partial charge in [-0.3, -0.25) is 4.79 Å². The molecule has 4 aromatic rings. The van der Waals surface area contributed by atoms with Crippen LogP contribution in [0.1, 0.15) is 34.3 Å². The molecule has 2 N–H and O–H groups in total. The van der Waals surface area contributed by atoms with Crippen LogP contribution in [-0.2, 0) is 4.74 Å². The summed E-state index contributed by atoms with van der Waals surface area (Å²) >= 11 is 12.6. The van der Waals surface area contributed by atoms with Gasteiger partial charge < -0.3 is 15.0 Å². The van der Waals surface area contributed by atoms with Crippen molar-refractivity contribution in [1.82, 2.24) is 15.3 Å². The number of halogens is 3. The van der Waals surface area contributed by atoms with Crippen molar-refractivity contribution in [1.29, 1.82) is 0 Å². The zero-order valence-corrected chi connectivity index (χ0v) is 19.6. The van der Waals surface area contributed by atoms with E-state index in [9.17, 15) is 9.18 Å². The number of carbonyl (C=O) groups is 1. The number of hydrogen-bond acceptors (Lipinski definition) is 3. The molecule has 8 heteroatoms. The molecule has 0 aliphatic carbocycles. The fourth-order valence-corrected chi connectivity index (χ4v) is 4.52. The van der Waals surface area contributed by atoms with E-state index in [2.05, 4.69) is 15.3 Å². The molecule has 33 heavy (non-hydrogen) atoms. The van der Waals surface area contributed by atoms with Gasteiger partial charge in [-0.05, 0) is 47.0 Å². The van der Waals surface area contributed by atoms with E-state index in [-0.39, 0.29) is 16.8 Å². The molecule has 1 unspecified atom stereocenters. The van der Waals surface area contributed by atoms with Crippen LogP contribution in [0.5, 0.6) is 0 Å². The number of H-pyrrole nitrogens is 1. The van der Waals surface area contributed by atoms with Gasteiger partial charge >= 0.3 is 0 Å². The van der Waals surface area contributed by atoms with E-state index in [0.717, 1.165) is 22.1 Å². The molecule has 0 aliphatic heterocycles. The van der Waals surface area contributed by atoms with Crippen LogP contribution in [0.4, 0.5) is 4.39 Å². The Morgan fingerprint density at radius 3 is 2.67 bits per heavy atom. The first-order chi connectivity index (χ1) is 15.9. The van der Waals surface area contributed by atoms with E-state index < -0.39 is 5.82 Å². The van der Waals surface area contributed by atoms with Crippen molar-refractivity contribution in [2.45, 2.75) is 12.8 Å². The number of aromatic nitrogens is 2. The third kappa shape index (κ3) is 4.74. The van der Waals surface area contributed by atoms with E-state index in [1.807, 2.05) is 31.3 Å². The molecule has 4 rings (SSSR count). The van der Waals surface area contributed by atoms with E-state index in [1.54, 1.807) is 25.4 Å². The molecule has 0 radical (unpaired) electrons. The molecular formula is C25H22Cl2FN3O2. The molecule has 1 amide bonds. The molecular weight excluding hydrogens is 464 g/mol. The van der Waals surface area contributed by atoms with Gasteiger partial charge in [0.2, 0.25) is 0 Å². The second-order valence-electron chi connectivity index (χ2n) is 7.67. The van der Waals surface area contributed by atoms with Crippen LogP contribution >= 0.6 is 23.2 Å². The van der Waals surface area contributed by atoms with Crippen molar-refractivity contribution in [3.63, 3.8) is 0 Å². The summed E-state index contributed by atoms with van der Waals surface area (Å²) in [6, 6.07) is 12.1. The lowest BCUT2D eigenvalue weighted by Gasteiger charge is -2.16. The number of benzene rings is 2. The van der Waals surface area contributed by atoms with Crippen molar-refractivity contribution in [3.8, 4) is 11.1 Å². The van der Waals surface area contributed by atoms with Gasteiger partial charge in [-0.15, -0.1) is 0 Å². The summed E-state index contributed by atoms with van der Waals surface area (Å²) in [6.45, 7) is 2.84. The minimum Gasteiger partial charge on any atom is -0.383 e. The van der Waals surface area contributed by atoms with Gasteiger partial charge in [0.15, 0.2) is 0 Å². The standard InChI is InChI=1S/C25H22Cl2FN3O2/c1-14(22-20(26)7-8-21(28)23(22)27)19-13-31-24-18(19)11-17(12-30-24)15-3-5-16(6-4-15)25(32)29-9-10-33-2/h3-8,11-14H,9-10H2,1-2H3,(H,29,32)(H,30,31). The van der Waals surface area contributed by atoms with Crippen LogP contribution in [-0.4, -0.2) is 36.1 Å². The van der Waals surface area contributed by atoms with Crippen LogP contribution < -0.4 is 5.32 Å². The van der Waals surface area contributed by atoms with Crippen LogP contribution in [0.2, 0.25) is 10.0 Å². The molecule has 0 saturated heterocycles. The molecule has 5 nitrogen and oxygen atoms in total. The topological polar surface area (TPSA) is 67.0 Å². The number of nitrogens with one attached hydrogen (secondary N) is 2. The Bertz CT molecular complexity index is 1310. The van der Waals surface area contributed by atoms with Gasteiger partial charge in [0, 0.05) is 53.5 Å². The molecule has 0 aliphatic rings. The van der Waals surface area contributed by atoms with Gasteiger partial charge in [0.1, 0.15) is 11.5 Å². The maximum absolute atomic E-state index is 14.1. The average molecular weight is 486 g/mol. The Morgan fingerprint density at radius 1 is 1.18 bits per heavy atom. The maximum atomic E-state index is 14.1. The predicted molar refractivity (Wildman–Crippen MR) is 130 cm³/mol. The van der Waals surface area contributed by atoms with Crippen LogP contribution in [0.3, 0.4) is 0 Å². The summed E-state index contributed by atoms with van der Waals surface area (Å²) in [5.41, 5.74) is 4.52. The number of pyridine rings is 1. The number of hydrogen-bond donors (Lipinski definition) is 2. The number of methoxy groups -OCH3 is 1. The van der Waals surface area contributed by atoms with Gasteiger partial charge in [0.05, 0.1) is 11.6 Å². The maximum Gasteiger partial charge on any atom is 0.251 e. The Kier molecular flexibility index (Phi) is 6.98. The van der Waals surface area contributed by atoms with E-state index in [4.69, 9.17) is 27.9 Å². The van der Waals surface area contributed by atoms with Gasteiger partial charge in [0.25, 0.3) is 5.91 Å². The number of nitrogens with zero attached hydrogens (tertiary/aromatic N) is 1. The second-order valence-corrected chi connectivity index (χ2v) is 8.45. The fraction of sp³-hybridized carbons (Fsp3) is 0.200. The molecule has 170 valence electrons. The summed E-state index contributed by atoms with van der Waals surface area (Å²) in [7, 11) is 1.59. The Hall–Kier alpha value is -2.93.